The number of ether oxygens (including phenoxy) is 5. The van der Waals surface area contributed by atoms with E-state index in [1.165, 1.54) is 0 Å². The topological polar surface area (TPSA) is 66.4 Å². The molecule has 0 spiro atoms. The smallest absolute Gasteiger partial charge is 0.184 e. The van der Waals surface area contributed by atoms with Crippen LogP contribution in [0.2, 0.25) is 0 Å². The van der Waals surface area contributed by atoms with Gasteiger partial charge in [-0.15, -0.1) is 0 Å². The molecule has 1 fully saturated rings. The first kappa shape index (κ1) is 25.5. The molecule has 4 rings (SSSR count). The van der Waals surface area contributed by atoms with E-state index in [0.29, 0.717) is 26.4 Å². The van der Waals surface area contributed by atoms with Crippen LogP contribution in [-0.2, 0) is 43.5 Å². The maximum atomic E-state index is 10.4. The van der Waals surface area contributed by atoms with Crippen molar-refractivity contribution in [2.24, 2.45) is 5.92 Å². The van der Waals surface area contributed by atoms with E-state index < -0.39 is 24.6 Å². The zero-order chi connectivity index (χ0) is 24.3. The summed E-state index contributed by atoms with van der Waals surface area (Å²) in [5.74, 6) is -0.355. The lowest BCUT2D eigenvalue weighted by atomic mass is 9.89. The normalized spacial score (nSPS) is 24.3. The van der Waals surface area contributed by atoms with Crippen LogP contribution >= 0.6 is 0 Å². The molecule has 1 saturated heterocycles. The van der Waals surface area contributed by atoms with Crippen molar-refractivity contribution in [3.05, 3.63) is 108 Å². The van der Waals surface area contributed by atoms with Gasteiger partial charge in [0.2, 0.25) is 0 Å². The predicted octanol–water partition coefficient (Wildman–Crippen LogP) is 4.35. The maximum Gasteiger partial charge on any atom is 0.184 e. The van der Waals surface area contributed by atoms with Gasteiger partial charge in [-0.2, -0.15) is 0 Å². The number of rotatable bonds is 12. The third-order valence-corrected chi connectivity index (χ3v) is 6.19. The Hall–Kier alpha value is -2.58. The highest BCUT2D eigenvalue weighted by molar-refractivity contribution is 5.15. The fraction of sp³-hybridized carbons (Fsp3) is 0.379. The number of hydrogen-bond acceptors (Lipinski definition) is 6. The lowest BCUT2D eigenvalue weighted by molar-refractivity contribution is -0.307. The molecule has 1 heterocycles. The highest BCUT2D eigenvalue weighted by atomic mass is 16.7. The largest absolute Gasteiger partial charge is 0.396 e. The van der Waals surface area contributed by atoms with Crippen molar-refractivity contribution in [1.29, 1.82) is 0 Å². The Balaban J connectivity index is 1.48. The Labute approximate surface area is 207 Å². The van der Waals surface area contributed by atoms with Crippen LogP contribution in [0.25, 0.3) is 0 Å². The second-order valence-electron chi connectivity index (χ2n) is 8.65. The average Bonchev–Trinajstić information content (AvgIpc) is 2.92. The molecule has 35 heavy (non-hydrogen) atoms. The third-order valence-electron chi connectivity index (χ3n) is 6.19. The van der Waals surface area contributed by atoms with Crippen LogP contribution in [0.1, 0.15) is 16.7 Å². The highest BCUT2D eigenvalue weighted by Crippen LogP contribution is 2.32. The number of aliphatic hydroxyl groups is 1. The van der Waals surface area contributed by atoms with Crippen LogP contribution in [0.4, 0.5) is 0 Å². The molecule has 6 heteroatoms. The first-order valence-corrected chi connectivity index (χ1v) is 12.0. The molecule has 5 atom stereocenters. The van der Waals surface area contributed by atoms with Crippen LogP contribution in [0.15, 0.2) is 91.0 Å². The van der Waals surface area contributed by atoms with Gasteiger partial charge in [0.15, 0.2) is 6.29 Å². The molecule has 3 aromatic carbocycles. The molecular weight excluding hydrogens is 444 g/mol. The number of hydrogen-bond donors (Lipinski definition) is 1. The highest BCUT2D eigenvalue weighted by Gasteiger charge is 2.47. The summed E-state index contributed by atoms with van der Waals surface area (Å²) in [7, 11) is 1.59. The molecular formula is C29H34O6. The first-order chi connectivity index (χ1) is 17.3. The average molecular weight is 479 g/mol. The van der Waals surface area contributed by atoms with Gasteiger partial charge in [0, 0.05) is 13.0 Å². The van der Waals surface area contributed by atoms with Gasteiger partial charge in [0.05, 0.1) is 39.1 Å². The summed E-state index contributed by atoms with van der Waals surface area (Å²) in [5.41, 5.74) is 3.16. The van der Waals surface area contributed by atoms with Gasteiger partial charge in [-0.05, 0) is 16.7 Å². The molecule has 3 aromatic rings. The van der Waals surface area contributed by atoms with Gasteiger partial charge in [0.25, 0.3) is 0 Å². The van der Waals surface area contributed by atoms with Crippen LogP contribution in [0.5, 0.6) is 0 Å². The van der Waals surface area contributed by atoms with E-state index in [9.17, 15) is 5.11 Å². The predicted molar refractivity (Wildman–Crippen MR) is 132 cm³/mol. The van der Waals surface area contributed by atoms with Gasteiger partial charge >= 0.3 is 0 Å². The Morgan fingerprint density at radius 2 is 1.17 bits per heavy atom. The SMILES string of the molecule is COC1OC(COCc2ccccc2)C(OCc2ccccc2)C(CO)C1OCc1ccccc1. The van der Waals surface area contributed by atoms with E-state index in [-0.39, 0.29) is 12.5 Å². The van der Waals surface area contributed by atoms with Crippen molar-refractivity contribution >= 4 is 0 Å². The van der Waals surface area contributed by atoms with Crippen LogP contribution < -0.4 is 0 Å². The summed E-state index contributed by atoms with van der Waals surface area (Å²) >= 11 is 0. The number of benzene rings is 3. The molecule has 0 bridgehead atoms. The molecule has 6 nitrogen and oxygen atoms in total. The molecule has 1 N–H and O–H groups in total. The Morgan fingerprint density at radius 1 is 0.686 bits per heavy atom. The first-order valence-electron chi connectivity index (χ1n) is 12.0. The summed E-state index contributed by atoms with van der Waals surface area (Å²) in [6.45, 7) is 1.41. The van der Waals surface area contributed by atoms with Crippen molar-refractivity contribution in [3.8, 4) is 0 Å². The van der Waals surface area contributed by atoms with Crippen molar-refractivity contribution in [2.75, 3.05) is 20.3 Å². The Bertz CT molecular complexity index is 968. The molecule has 1 aliphatic heterocycles. The molecule has 0 radical (unpaired) electrons. The van der Waals surface area contributed by atoms with Gasteiger partial charge in [-0.25, -0.2) is 0 Å². The summed E-state index contributed by atoms with van der Waals surface area (Å²) in [6, 6.07) is 29.9. The van der Waals surface area contributed by atoms with Crippen LogP contribution in [-0.4, -0.2) is 50.0 Å². The Morgan fingerprint density at radius 3 is 1.66 bits per heavy atom. The standard InChI is InChI=1S/C29H34O6/c1-31-29-28(34-20-24-15-9-4-10-16-24)25(17-30)27(33-19-23-13-7-3-8-14-23)26(35-29)21-32-18-22-11-5-2-6-12-22/h2-16,25-30H,17-21H2,1H3. The maximum absolute atomic E-state index is 10.4. The van der Waals surface area contributed by atoms with Gasteiger partial charge in [-0.3, -0.25) is 0 Å². The van der Waals surface area contributed by atoms with Gasteiger partial charge in [0.1, 0.15) is 12.2 Å². The van der Waals surface area contributed by atoms with Crippen molar-refractivity contribution < 1.29 is 28.8 Å². The minimum atomic E-state index is -0.655. The monoisotopic (exact) mass is 478 g/mol. The summed E-state index contributed by atoms with van der Waals surface area (Å²) < 4.78 is 30.6. The van der Waals surface area contributed by atoms with E-state index in [1.54, 1.807) is 7.11 Å². The molecule has 0 aliphatic carbocycles. The molecule has 1 aliphatic rings. The fourth-order valence-electron chi connectivity index (χ4n) is 4.36. The van der Waals surface area contributed by atoms with E-state index >= 15 is 0 Å². The van der Waals surface area contributed by atoms with Gasteiger partial charge in [-0.1, -0.05) is 91.0 Å². The third kappa shape index (κ3) is 7.21. The van der Waals surface area contributed by atoms with Gasteiger partial charge < -0.3 is 28.8 Å². The van der Waals surface area contributed by atoms with E-state index in [0.717, 1.165) is 16.7 Å². The minimum absolute atomic E-state index is 0.128. The summed E-state index contributed by atoms with van der Waals surface area (Å²) in [6.07, 6.45) is -2.03. The lowest BCUT2D eigenvalue weighted by Gasteiger charge is -2.45. The minimum Gasteiger partial charge on any atom is -0.396 e. The second kappa shape index (κ2) is 13.5. The Kier molecular flexibility index (Phi) is 9.84. The molecule has 0 aromatic heterocycles. The van der Waals surface area contributed by atoms with Crippen LogP contribution in [0.3, 0.4) is 0 Å². The molecule has 0 saturated carbocycles. The zero-order valence-corrected chi connectivity index (χ0v) is 20.1. The van der Waals surface area contributed by atoms with E-state index in [1.807, 2.05) is 91.0 Å². The molecule has 5 unspecified atom stereocenters. The van der Waals surface area contributed by atoms with Crippen LogP contribution in [0, 0.1) is 5.92 Å². The molecule has 186 valence electrons. The quantitative estimate of drug-likeness (QED) is 0.417. The van der Waals surface area contributed by atoms with Crippen molar-refractivity contribution in [3.63, 3.8) is 0 Å². The summed E-state index contributed by atoms with van der Waals surface area (Å²) in [4.78, 5) is 0. The molecule has 0 amide bonds. The zero-order valence-electron chi connectivity index (χ0n) is 20.1. The second-order valence-corrected chi connectivity index (χ2v) is 8.65. The fourth-order valence-corrected chi connectivity index (χ4v) is 4.36. The van der Waals surface area contributed by atoms with Crippen molar-refractivity contribution in [1.82, 2.24) is 0 Å². The van der Waals surface area contributed by atoms with E-state index in [2.05, 4.69) is 0 Å². The van der Waals surface area contributed by atoms with Crippen molar-refractivity contribution in [2.45, 2.75) is 44.4 Å². The lowest BCUT2D eigenvalue weighted by Crippen LogP contribution is -2.58. The number of aliphatic hydroxyl groups excluding tert-OH is 1. The number of methoxy groups -OCH3 is 1. The van der Waals surface area contributed by atoms with E-state index in [4.69, 9.17) is 23.7 Å². The summed E-state index contributed by atoms with van der Waals surface area (Å²) in [5, 5.41) is 10.4.